The Labute approximate surface area is 294 Å². The van der Waals surface area contributed by atoms with Crippen LogP contribution in [0.4, 0.5) is 0 Å². The van der Waals surface area contributed by atoms with E-state index in [4.69, 9.17) is 46.4 Å². The molecule has 0 radical (unpaired) electrons. The molecule has 0 aliphatic heterocycles. The van der Waals surface area contributed by atoms with E-state index in [0.717, 1.165) is 0 Å². The van der Waals surface area contributed by atoms with Crippen molar-refractivity contribution >= 4 is 113 Å². The molecule has 1 unspecified atom stereocenters. The molecule has 12 heteroatoms. The van der Waals surface area contributed by atoms with Gasteiger partial charge in [-0.05, 0) is 86.2 Å². The van der Waals surface area contributed by atoms with E-state index in [-0.39, 0.29) is 77.4 Å². The molecule has 1 aliphatic rings. The smallest absolute Gasteiger partial charge is 0.336 e. The lowest BCUT2D eigenvalue weighted by atomic mass is 9.78. The third kappa shape index (κ3) is 5.13. The van der Waals surface area contributed by atoms with Gasteiger partial charge in [0.15, 0.2) is 0 Å². The van der Waals surface area contributed by atoms with Gasteiger partial charge < -0.3 is 20.8 Å². The van der Waals surface area contributed by atoms with Crippen molar-refractivity contribution in [3.8, 4) is 0 Å². The fourth-order valence-corrected chi connectivity index (χ4v) is 7.82. The van der Waals surface area contributed by atoms with Crippen LogP contribution < -0.4 is 10.6 Å². The molecule has 2 amide bonds. The summed E-state index contributed by atoms with van der Waals surface area (Å²) in [7, 11) is 0. The number of carboxylic acids is 2. The van der Waals surface area contributed by atoms with E-state index in [9.17, 15) is 29.4 Å². The molecule has 0 bridgehead atoms. The lowest BCUT2D eigenvalue weighted by Gasteiger charge is -2.32. The highest BCUT2D eigenvalue weighted by Crippen LogP contribution is 2.54. The number of allylic oxidation sites excluding steroid dienone is 4. The van der Waals surface area contributed by atoms with Gasteiger partial charge >= 0.3 is 11.9 Å². The van der Waals surface area contributed by atoms with E-state index < -0.39 is 28.6 Å². The molecule has 6 rings (SSSR count). The zero-order valence-corrected chi connectivity index (χ0v) is 29.0. The van der Waals surface area contributed by atoms with E-state index in [1.54, 1.807) is 44.2 Å². The molecule has 0 saturated carbocycles. The summed E-state index contributed by atoms with van der Waals surface area (Å²) in [5.74, 6) is -3.71. The summed E-state index contributed by atoms with van der Waals surface area (Å²) in [4.78, 5) is 51.6. The number of alkyl halides is 1. The number of carbonyl (C=O) groups excluding carboxylic acids is 2. The lowest BCUT2D eigenvalue weighted by Crippen LogP contribution is -2.33. The van der Waals surface area contributed by atoms with Crippen LogP contribution in [0.15, 0.2) is 53.6 Å². The number of halogens is 4. The van der Waals surface area contributed by atoms with Crippen molar-refractivity contribution in [3.63, 3.8) is 0 Å². The molecule has 5 aromatic rings. The highest BCUT2D eigenvalue weighted by molar-refractivity contribution is 6.51. The summed E-state index contributed by atoms with van der Waals surface area (Å²) in [6, 6.07) is 6.70. The molecule has 0 spiro atoms. The third-order valence-corrected chi connectivity index (χ3v) is 10.2. The van der Waals surface area contributed by atoms with Crippen LogP contribution in [0.3, 0.4) is 0 Å². The minimum Gasteiger partial charge on any atom is -0.478 e. The van der Waals surface area contributed by atoms with Gasteiger partial charge in [0.05, 0.1) is 11.1 Å². The highest BCUT2D eigenvalue weighted by atomic mass is 35.5. The quantitative estimate of drug-likeness (QED) is 0.0751. The lowest BCUT2D eigenvalue weighted by molar-refractivity contribution is 0.0695. The maximum atomic E-state index is 14.1. The van der Waals surface area contributed by atoms with Crippen LogP contribution in [0.5, 0.6) is 0 Å². The molecular weight excluding hydrogens is 698 g/mol. The third-order valence-electron chi connectivity index (χ3n) is 8.48. The summed E-state index contributed by atoms with van der Waals surface area (Å²) in [5, 5.41) is 28.7. The Hall–Kier alpha value is -4.08. The summed E-state index contributed by atoms with van der Waals surface area (Å²) in [5.41, 5.74) is 0.0101. The summed E-state index contributed by atoms with van der Waals surface area (Å²) in [6.45, 7) is 7.24. The molecule has 0 fully saturated rings. The summed E-state index contributed by atoms with van der Waals surface area (Å²) >= 11 is 28.2. The molecule has 0 heterocycles. The van der Waals surface area contributed by atoms with E-state index in [1.165, 1.54) is 12.1 Å². The van der Waals surface area contributed by atoms with Gasteiger partial charge in [-0.15, -0.1) is 11.6 Å². The zero-order valence-electron chi connectivity index (χ0n) is 26.0. The molecule has 8 nitrogen and oxygen atoms in total. The minimum atomic E-state index is -1.44. The first-order valence-corrected chi connectivity index (χ1v) is 16.5. The van der Waals surface area contributed by atoms with Crippen molar-refractivity contribution in [2.24, 2.45) is 0 Å². The van der Waals surface area contributed by atoms with E-state index in [1.807, 2.05) is 19.9 Å². The van der Waals surface area contributed by atoms with Crippen molar-refractivity contribution < 1.29 is 29.4 Å². The molecule has 4 N–H and O–H groups in total. The standard InChI is InChI=1S/C36H28Cl4N2O6/c1-14(2)41-32(43)17-9-8-16-27-22(37)12-19(34(45)46)26-20(35(47)48)13-23(38)30(31(26)27)29-21(36(40)10-6-5-7-24(36)39)11-18(25(17)28(16)29)33(44)42-15(3)4/h5-9,11-15H,10H2,1-4H3,(H,41,43)(H,42,44)(H,45,46)(H,47,48). The number of fused-ring (bicyclic) bond motifs is 2. The summed E-state index contributed by atoms with van der Waals surface area (Å²) in [6.07, 6.45) is 5.41. The molecule has 0 saturated heterocycles. The van der Waals surface area contributed by atoms with E-state index >= 15 is 0 Å². The monoisotopic (exact) mass is 724 g/mol. The van der Waals surface area contributed by atoms with E-state index in [0.29, 0.717) is 27.1 Å². The fourth-order valence-electron chi connectivity index (χ4n) is 6.66. The zero-order chi connectivity index (χ0) is 35.0. The predicted octanol–water partition coefficient (Wildman–Crippen LogP) is 9.23. The van der Waals surface area contributed by atoms with Gasteiger partial charge in [0.2, 0.25) is 0 Å². The van der Waals surface area contributed by atoms with Crippen LogP contribution in [0, 0.1) is 0 Å². The van der Waals surface area contributed by atoms with Gasteiger partial charge in [0.25, 0.3) is 11.8 Å². The Morgan fingerprint density at radius 2 is 1.23 bits per heavy atom. The average Bonchev–Trinajstić information content (AvgIpc) is 3.00. The molecular formula is C36H28Cl4N2O6. The van der Waals surface area contributed by atoms with Gasteiger partial charge in [0.1, 0.15) is 4.87 Å². The van der Waals surface area contributed by atoms with Crippen molar-refractivity contribution in [3.05, 3.63) is 91.5 Å². The van der Waals surface area contributed by atoms with E-state index in [2.05, 4.69) is 10.6 Å². The van der Waals surface area contributed by atoms with Crippen molar-refractivity contribution in [1.82, 2.24) is 10.6 Å². The van der Waals surface area contributed by atoms with Gasteiger partial charge in [-0.25, -0.2) is 9.59 Å². The van der Waals surface area contributed by atoms with Crippen LogP contribution in [-0.4, -0.2) is 46.0 Å². The SMILES string of the molecule is CC(C)NC(=O)c1ccc2c3c(Cl)cc(C(=O)O)c4c(C(=O)O)cc(Cl)c(c5c(C6(Cl)CC=CC=C6Cl)cc(C(=O)NC(C)C)c1c25)c43. The predicted molar refractivity (Wildman–Crippen MR) is 192 cm³/mol. The molecule has 5 aromatic carbocycles. The minimum absolute atomic E-state index is 0.00351. The molecule has 1 atom stereocenters. The topological polar surface area (TPSA) is 133 Å². The maximum Gasteiger partial charge on any atom is 0.336 e. The second kappa shape index (κ2) is 12.1. The Kier molecular flexibility index (Phi) is 8.53. The highest BCUT2D eigenvalue weighted by Gasteiger charge is 2.39. The second-order valence-electron chi connectivity index (χ2n) is 12.4. The molecule has 48 heavy (non-hydrogen) atoms. The number of rotatable bonds is 7. The second-order valence-corrected chi connectivity index (χ2v) is 14.3. The average molecular weight is 726 g/mol. The van der Waals surface area contributed by atoms with Crippen LogP contribution in [-0.2, 0) is 4.87 Å². The number of benzene rings is 5. The molecule has 246 valence electrons. The van der Waals surface area contributed by atoms with Crippen LogP contribution >= 0.6 is 46.4 Å². The largest absolute Gasteiger partial charge is 0.478 e. The van der Waals surface area contributed by atoms with Crippen LogP contribution in [0.25, 0.3) is 43.1 Å². The number of aromatic carboxylic acids is 2. The van der Waals surface area contributed by atoms with Crippen LogP contribution in [0.1, 0.15) is 81.1 Å². The van der Waals surface area contributed by atoms with Gasteiger partial charge in [-0.3, -0.25) is 9.59 Å². The first-order valence-electron chi connectivity index (χ1n) is 15.0. The van der Waals surface area contributed by atoms with Gasteiger partial charge in [-0.2, -0.15) is 0 Å². The number of hydrogen-bond donors (Lipinski definition) is 4. The normalized spacial score (nSPS) is 16.4. The maximum absolute atomic E-state index is 14.1. The first-order chi connectivity index (χ1) is 22.6. The number of nitrogens with one attached hydrogen (secondary N) is 2. The Morgan fingerprint density at radius 1 is 0.688 bits per heavy atom. The van der Waals surface area contributed by atoms with Crippen LogP contribution in [0.2, 0.25) is 10.0 Å². The Balaban J connectivity index is 2.02. The van der Waals surface area contributed by atoms with Crippen molar-refractivity contribution in [1.29, 1.82) is 0 Å². The number of amides is 2. The van der Waals surface area contributed by atoms with Crippen molar-refractivity contribution in [2.75, 3.05) is 0 Å². The summed E-state index contributed by atoms with van der Waals surface area (Å²) < 4.78 is 0. The molecule has 0 aromatic heterocycles. The number of carbonyl (C=O) groups is 4. The molecule has 1 aliphatic carbocycles. The first kappa shape index (κ1) is 33.8. The van der Waals surface area contributed by atoms with Crippen molar-refractivity contribution in [2.45, 2.75) is 51.1 Å². The number of hydrogen-bond acceptors (Lipinski definition) is 4. The Bertz CT molecular complexity index is 2310. The Morgan fingerprint density at radius 3 is 1.77 bits per heavy atom. The fraction of sp³-hybridized carbons (Fsp3) is 0.222. The number of carboxylic acid groups (broad SMARTS) is 2. The van der Waals surface area contributed by atoms with Gasteiger partial charge in [0, 0.05) is 65.2 Å². The van der Waals surface area contributed by atoms with Gasteiger partial charge in [-0.1, -0.05) is 53.0 Å².